The van der Waals surface area contributed by atoms with Crippen LogP contribution in [-0.2, 0) is 24.3 Å². The zero-order chi connectivity index (χ0) is 21.8. The molecule has 0 fully saturated rings. The van der Waals surface area contributed by atoms with Crippen LogP contribution in [0.5, 0.6) is 5.75 Å². The molecule has 172 valence electrons. The predicted molar refractivity (Wildman–Crippen MR) is 127 cm³/mol. The quantitative estimate of drug-likeness (QED) is 0.256. The van der Waals surface area contributed by atoms with Crippen LogP contribution in [0.3, 0.4) is 0 Å². The van der Waals surface area contributed by atoms with Crippen molar-refractivity contribution in [2.75, 3.05) is 26.8 Å². The molecule has 9 heteroatoms. The van der Waals surface area contributed by atoms with Gasteiger partial charge in [-0.3, -0.25) is 0 Å². The third-order valence-corrected chi connectivity index (χ3v) is 4.17. The molecule has 0 saturated carbocycles. The van der Waals surface area contributed by atoms with Crippen LogP contribution in [0.2, 0.25) is 0 Å². The minimum absolute atomic E-state index is 0. The van der Waals surface area contributed by atoms with E-state index in [0.717, 1.165) is 23.3 Å². The van der Waals surface area contributed by atoms with Gasteiger partial charge in [0.1, 0.15) is 12.4 Å². The minimum atomic E-state index is -4.32. The number of para-hydroxylation sites is 1. The van der Waals surface area contributed by atoms with E-state index in [0.29, 0.717) is 31.2 Å². The van der Waals surface area contributed by atoms with Gasteiger partial charge in [0, 0.05) is 13.1 Å². The highest BCUT2D eigenvalue weighted by Gasteiger charge is 2.27. The maximum Gasteiger partial charge on any atom is 0.411 e. The second-order valence-corrected chi connectivity index (χ2v) is 6.61. The van der Waals surface area contributed by atoms with Gasteiger partial charge in [-0.15, -0.1) is 24.0 Å². The predicted octanol–water partition coefficient (Wildman–Crippen LogP) is 4.69. The van der Waals surface area contributed by atoms with E-state index in [2.05, 4.69) is 15.6 Å². The number of nitrogens with zero attached hydrogens (tertiary/aromatic N) is 1. The molecule has 0 amide bonds. The second-order valence-electron chi connectivity index (χ2n) is 6.61. The molecule has 0 radical (unpaired) electrons. The van der Waals surface area contributed by atoms with E-state index in [1.54, 1.807) is 25.3 Å². The first-order chi connectivity index (χ1) is 14.4. The molecule has 5 nitrogen and oxygen atoms in total. The summed E-state index contributed by atoms with van der Waals surface area (Å²) in [7, 11) is 1.65. The lowest BCUT2D eigenvalue weighted by Gasteiger charge is -2.13. The second kappa shape index (κ2) is 14.1. The number of hydrogen-bond acceptors (Lipinski definition) is 3. The van der Waals surface area contributed by atoms with Crippen LogP contribution < -0.4 is 15.4 Å². The van der Waals surface area contributed by atoms with Gasteiger partial charge in [-0.1, -0.05) is 42.5 Å². The average molecular weight is 551 g/mol. The van der Waals surface area contributed by atoms with Crippen molar-refractivity contribution in [2.24, 2.45) is 4.99 Å². The average Bonchev–Trinajstić information content (AvgIpc) is 2.72. The SMILES string of the molecule is CCNC(=NCc1cccc(COCC(F)(F)F)c1)NCCc1ccccc1OC.I. The van der Waals surface area contributed by atoms with Gasteiger partial charge in [0.2, 0.25) is 0 Å². The van der Waals surface area contributed by atoms with Crippen molar-refractivity contribution in [3.63, 3.8) is 0 Å². The molecule has 2 aromatic rings. The standard InChI is InChI=1S/C22H28F3N3O2.HI/c1-3-26-21(27-12-11-19-9-4-5-10-20(19)29-2)28-14-17-7-6-8-18(13-17)15-30-16-22(23,24)25;/h4-10,13H,3,11-12,14-16H2,1-2H3,(H2,26,27,28);1H. The first-order valence-electron chi connectivity index (χ1n) is 9.77. The van der Waals surface area contributed by atoms with Gasteiger partial charge < -0.3 is 20.1 Å². The minimum Gasteiger partial charge on any atom is -0.496 e. The van der Waals surface area contributed by atoms with Crippen LogP contribution >= 0.6 is 24.0 Å². The third kappa shape index (κ3) is 10.7. The summed E-state index contributed by atoms with van der Waals surface area (Å²) in [5.74, 6) is 1.52. The molecule has 0 saturated heterocycles. The Morgan fingerprint density at radius 1 is 1.03 bits per heavy atom. The number of guanidine groups is 1. The topological polar surface area (TPSA) is 54.9 Å². The zero-order valence-corrected chi connectivity index (χ0v) is 20.0. The largest absolute Gasteiger partial charge is 0.496 e. The fraction of sp³-hybridized carbons (Fsp3) is 0.409. The Morgan fingerprint density at radius 3 is 2.48 bits per heavy atom. The number of ether oxygens (including phenoxy) is 2. The van der Waals surface area contributed by atoms with Gasteiger partial charge in [-0.2, -0.15) is 13.2 Å². The summed E-state index contributed by atoms with van der Waals surface area (Å²) in [5, 5.41) is 6.48. The maximum atomic E-state index is 12.2. The van der Waals surface area contributed by atoms with Crippen LogP contribution in [0, 0.1) is 0 Å². The smallest absolute Gasteiger partial charge is 0.411 e. The molecule has 31 heavy (non-hydrogen) atoms. The molecule has 2 rings (SSSR count). The van der Waals surface area contributed by atoms with E-state index in [9.17, 15) is 13.2 Å². The number of hydrogen-bond donors (Lipinski definition) is 2. The number of aliphatic imine (C=N–C) groups is 1. The van der Waals surface area contributed by atoms with Gasteiger partial charge in [0.15, 0.2) is 5.96 Å². The van der Waals surface area contributed by atoms with Crippen molar-refractivity contribution in [1.29, 1.82) is 0 Å². The lowest BCUT2D eigenvalue weighted by Crippen LogP contribution is -2.38. The lowest BCUT2D eigenvalue weighted by atomic mass is 10.1. The third-order valence-electron chi connectivity index (χ3n) is 4.17. The fourth-order valence-electron chi connectivity index (χ4n) is 2.84. The molecule has 0 aliphatic heterocycles. The Morgan fingerprint density at radius 2 is 1.77 bits per heavy atom. The first-order valence-corrected chi connectivity index (χ1v) is 9.77. The van der Waals surface area contributed by atoms with Crippen molar-refractivity contribution >= 4 is 29.9 Å². The normalized spacial score (nSPS) is 11.6. The van der Waals surface area contributed by atoms with Crippen molar-refractivity contribution in [1.82, 2.24) is 10.6 Å². The summed E-state index contributed by atoms with van der Waals surface area (Å²) in [6.07, 6.45) is -3.54. The molecule has 0 aliphatic carbocycles. The zero-order valence-electron chi connectivity index (χ0n) is 17.7. The first kappa shape index (κ1) is 27.0. The number of rotatable bonds is 10. The molecule has 0 spiro atoms. The highest BCUT2D eigenvalue weighted by molar-refractivity contribution is 14.0. The van der Waals surface area contributed by atoms with E-state index in [4.69, 9.17) is 9.47 Å². The van der Waals surface area contributed by atoms with Crippen LogP contribution in [0.15, 0.2) is 53.5 Å². The molecule has 2 aromatic carbocycles. The maximum absolute atomic E-state index is 12.2. The van der Waals surface area contributed by atoms with Gasteiger partial charge in [0.05, 0.1) is 20.3 Å². The molecular weight excluding hydrogens is 522 g/mol. The molecule has 0 bridgehead atoms. The highest BCUT2D eigenvalue weighted by atomic mass is 127. The van der Waals surface area contributed by atoms with E-state index in [1.807, 2.05) is 37.3 Å². The van der Waals surface area contributed by atoms with Crippen LogP contribution in [-0.4, -0.2) is 38.9 Å². The van der Waals surface area contributed by atoms with E-state index in [-0.39, 0.29) is 30.6 Å². The number of nitrogens with one attached hydrogen (secondary N) is 2. The lowest BCUT2D eigenvalue weighted by molar-refractivity contribution is -0.176. The van der Waals surface area contributed by atoms with Gasteiger partial charge >= 0.3 is 6.18 Å². The van der Waals surface area contributed by atoms with Gasteiger partial charge in [0.25, 0.3) is 0 Å². The summed E-state index contributed by atoms with van der Waals surface area (Å²) in [6.45, 7) is 2.43. The van der Waals surface area contributed by atoms with E-state index >= 15 is 0 Å². The molecular formula is C22H29F3IN3O2. The van der Waals surface area contributed by atoms with Crippen molar-refractivity contribution < 1.29 is 22.6 Å². The van der Waals surface area contributed by atoms with Crippen molar-refractivity contribution in [2.45, 2.75) is 32.7 Å². The number of methoxy groups -OCH3 is 1. The van der Waals surface area contributed by atoms with Crippen molar-refractivity contribution in [3.8, 4) is 5.75 Å². The fourth-order valence-corrected chi connectivity index (χ4v) is 2.84. The molecule has 0 aliphatic rings. The monoisotopic (exact) mass is 551 g/mol. The van der Waals surface area contributed by atoms with Crippen LogP contribution in [0.1, 0.15) is 23.6 Å². The number of benzene rings is 2. The molecule has 0 atom stereocenters. The Bertz CT molecular complexity index is 817. The summed E-state index contributed by atoms with van der Waals surface area (Å²) < 4.78 is 46.7. The van der Waals surface area contributed by atoms with Crippen LogP contribution in [0.4, 0.5) is 13.2 Å². The summed E-state index contributed by atoms with van der Waals surface area (Å²) in [4.78, 5) is 4.56. The Labute approximate surface area is 198 Å². The van der Waals surface area contributed by atoms with Gasteiger partial charge in [-0.05, 0) is 36.1 Å². The highest BCUT2D eigenvalue weighted by Crippen LogP contribution is 2.17. The molecule has 0 unspecified atom stereocenters. The Hall–Kier alpha value is -2.01. The Kier molecular flexibility index (Phi) is 12.3. The summed E-state index contributed by atoms with van der Waals surface area (Å²) >= 11 is 0. The molecule has 2 N–H and O–H groups in total. The summed E-state index contributed by atoms with van der Waals surface area (Å²) in [5.41, 5.74) is 2.68. The van der Waals surface area contributed by atoms with E-state index < -0.39 is 12.8 Å². The molecule has 0 aromatic heterocycles. The Balaban J connectivity index is 0.00000480. The molecule has 0 heterocycles. The van der Waals surface area contributed by atoms with E-state index in [1.165, 1.54) is 0 Å². The van der Waals surface area contributed by atoms with Crippen LogP contribution in [0.25, 0.3) is 0 Å². The summed E-state index contributed by atoms with van der Waals surface area (Å²) in [6, 6.07) is 15.1. The number of alkyl halides is 3. The van der Waals surface area contributed by atoms with Gasteiger partial charge in [-0.25, -0.2) is 4.99 Å². The number of halogens is 4. The van der Waals surface area contributed by atoms with Crippen molar-refractivity contribution in [3.05, 3.63) is 65.2 Å².